The molecule has 1 fully saturated rings. The Labute approximate surface area is 123 Å². The molecule has 112 valence electrons. The highest BCUT2D eigenvalue weighted by atomic mass is 16.3. The number of rotatable bonds is 5. The highest BCUT2D eigenvalue weighted by molar-refractivity contribution is 5.93. The Bertz CT molecular complexity index is 656. The number of amides is 1. The number of nitrogens with one attached hydrogen (secondary N) is 2. The van der Waals surface area contributed by atoms with Crippen molar-refractivity contribution in [3.05, 3.63) is 29.7 Å². The van der Waals surface area contributed by atoms with Crippen LogP contribution in [-0.2, 0) is 0 Å². The molecule has 1 saturated carbocycles. The highest BCUT2D eigenvalue weighted by Crippen LogP contribution is 2.39. The molecule has 6 heteroatoms. The Kier molecular flexibility index (Phi) is 3.33. The van der Waals surface area contributed by atoms with Crippen LogP contribution in [-0.4, -0.2) is 28.2 Å². The molecule has 21 heavy (non-hydrogen) atoms. The molecular weight excluding hydrogens is 268 g/mol. The van der Waals surface area contributed by atoms with E-state index in [1.54, 1.807) is 6.07 Å². The normalized spacial score (nSPS) is 17.5. The fraction of sp³-hybridized carbons (Fsp3) is 0.467. The maximum absolute atomic E-state index is 12.3. The molecule has 2 aromatic heterocycles. The van der Waals surface area contributed by atoms with Crippen molar-refractivity contribution in [2.75, 3.05) is 6.54 Å². The summed E-state index contributed by atoms with van der Waals surface area (Å²) in [6.07, 6.45) is 2.23. The average Bonchev–Trinajstić information content (AvgIpc) is 3.05. The predicted molar refractivity (Wildman–Crippen MR) is 78.7 cm³/mol. The molecule has 0 saturated heterocycles. The van der Waals surface area contributed by atoms with Gasteiger partial charge in [0.15, 0.2) is 11.5 Å². The first-order chi connectivity index (χ1) is 10.0. The van der Waals surface area contributed by atoms with E-state index in [1.807, 2.05) is 26.0 Å². The summed E-state index contributed by atoms with van der Waals surface area (Å²) in [5.41, 5.74) is 6.50. The Balaban J connectivity index is 1.75. The fourth-order valence-corrected chi connectivity index (χ4v) is 2.51. The fourth-order valence-electron chi connectivity index (χ4n) is 2.51. The molecule has 1 unspecified atom stereocenters. The van der Waals surface area contributed by atoms with Gasteiger partial charge in [0.05, 0.1) is 5.54 Å². The summed E-state index contributed by atoms with van der Waals surface area (Å²) >= 11 is 0. The van der Waals surface area contributed by atoms with Crippen LogP contribution in [0.25, 0.3) is 11.5 Å². The lowest BCUT2D eigenvalue weighted by Crippen LogP contribution is -2.53. The average molecular weight is 288 g/mol. The van der Waals surface area contributed by atoms with Gasteiger partial charge in [0, 0.05) is 12.6 Å². The number of aryl methyl sites for hydroxylation is 1. The zero-order valence-electron chi connectivity index (χ0n) is 12.3. The van der Waals surface area contributed by atoms with Crippen LogP contribution < -0.4 is 11.1 Å². The number of carbonyl (C=O) groups excluding carboxylic acids is 1. The van der Waals surface area contributed by atoms with Crippen molar-refractivity contribution >= 4 is 5.91 Å². The minimum atomic E-state index is -0.350. The number of H-pyrrole nitrogens is 1. The third-order valence-electron chi connectivity index (χ3n) is 4.12. The number of hydrogen-bond donors (Lipinski definition) is 3. The summed E-state index contributed by atoms with van der Waals surface area (Å²) in [5, 5.41) is 9.91. The van der Waals surface area contributed by atoms with E-state index in [1.165, 1.54) is 0 Å². The molecule has 1 aliphatic carbocycles. The zero-order valence-corrected chi connectivity index (χ0v) is 12.3. The summed E-state index contributed by atoms with van der Waals surface area (Å²) in [7, 11) is 0. The van der Waals surface area contributed by atoms with Crippen molar-refractivity contribution < 1.29 is 9.21 Å². The number of aromatic amines is 1. The van der Waals surface area contributed by atoms with Gasteiger partial charge in [-0.15, -0.1) is 0 Å². The Morgan fingerprint density at radius 2 is 2.33 bits per heavy atom. The van der Waals surface area contributed by atoms with E-state index in [4.69, 9.17) is 10.2 Å². The van der Waals surface area contributed by atoms with E-state index < -0.39 is 0 Å². The van der Waals surface area contributed by atoms with Crippen LogP contribution in [0.3, 0.4) is 0 Å². The Hall–Kier alpha value is -2.08. The van der Waals surface area contributed by atoms with Crippen LogP contribution >= 0.6 is 0 Å². The molecule has 0 spiro atoms. The molecule has 0 aromatic carbocycles. The lowest BCUT2D eigenvalue weighted by Gasteiger charge is -2.29. The van der Waals surface area contributed by atoms with Gasteiger partial charge < -0.3 is 15.5 Å². The molecule has 0 bridgehead atoms. The summed E-state index contributed by atoms with van der Waals surface area (Å²) in [4.78, 5) is 12.3. The third kappa shape index (κ3) is 2.71. The van der Waals surface area contributed by atoms with Gasteiger partial charge in [-0.1, -0.05) is 0 Å². The maximum Gasteiger partial charge on any atom is 0.272 e. The summed E-state index contributed by atoms with van der Waals surface area (Å²) in [6, 6.07) is 5.41. The minimum absolute atomic E-state index is 0.208. The van der Waals surface area contributed by atoms with Crippen molar-refractivity contribution in [1.82, 2.24) is 15.5 Å². The standard InChI is InChI=1S/C15H20N4O2/c1-9-3-6-13(21-9)11-7-12(19-18-11)14(20)17-15(2,8-16)10-4-5-10/h3,6-7,10H,4-5,8,16H2,1-2H3,(H,17,20)(H,18,19). The van der Waals surface area contributed by atoms with E-state index in [-0.39, 0.29) is 11.4 Å². The van der Waals surface area contributed by atoms with Gasteiger partial charge in [-0.3, -0.25) is 9.89 Å². The van der Waals surface area contributed by atoms with Gasteiger partial charge in [-0.25, -0.2) is 0 Å². The first-order valence-corrected chi connectivity index (χ1v) is 7.16. The SMILES string of the molecule is Cc1ccc(-c2cc(C(=O)NC(C)(CN)C3CC3)n[nH]2)o1. The van der Waals surface area contributed by atoms with Crippen LogP contribution in [0.2, 0.25) is 0 Å². The molecule has 2 aromatic rings. The predicted octanol–water partition coefficient (Wildman–Crippen LogP) is 1.84. The number of hydrogen-bond acceptors (Lipinski definition) is 4. The van der Waals surface area contributed by atoms with E-state index in [9.17, 15) is 4.79 Å². The molecule has 1 aliphatic rings. The number of carbonyl (C=O) groups is 1. The summed E-state index contributed by atoms with van der Waals surface area (Å²) < 4.78 is 5.51. The molecule has 0 aliphatic heterocycles. The summed E-state index contributed by atoms with van der Waals surface area (Å²) in [5.74, 6) is 1.75. The maximum atomic E-state index is 12.3. The Morgan fingerprint density at radius 1 is 1.57 bits per heavy atom. The number of furan rings is 1. The largest absolute Gasteiger partial charge is 0.460 e. The molecule has 2 heterocycles. The quantitative estimate of drug-likeness (QED) is 0.782. The first kappa shape index (κ1) is 13.9. The van der Waals surface area contributed by atoms with Crippen molar-refractivity contribution in [1.29, 1.82) is 0 Å². The summed E-state index contributed by atoms with van der Waals surface area (Å²) in [6.45, 7) is 4.29. The van der Waals surface area contributed by atoms with Crippen LogP contribution in [0.1, 0.15) is 36.0 Å². The number of aromatic nitrogens is 2. The van der Waals surface area contributed by atoms with Crippen LogP contribution in [0.5, 0.6) is 0 Å². The smallest absolute Gasteiger partial charge is 0.272 e. The second-order valence-corrected chi connectivity index (χ2v) is 5.93. The van der Waals surface area contributed by atoms with Crippen molar-refractivity contribution in [2.24, 2.45) is 11.7 Å². The van der Waals surface area contributed by atoms with Gasteiger partial charge in [-0.05, 0) is 44.7 Å². The van der Waals surface area contributed by atoms with E-state index in [0.29, 0.717) is 29.6 Å². The lowest BCUT2D eigenvalue weighted by molar-refractivity contribution is 0.0892. The van der Waals surface area contributed by atoms with Crippen LogP contribution in [0, 0.1) is 12.8 Å². The second kappa shape index (κ2) is 5.04. The second-order valence-electron chi connectivity index (χ2n) is 5.93. The van der Waals surface area contributed by atoms with Crippen LogP contribution in [0.4, 0.5) is 0 Å². The van der Waals surface area contributed by atoms with E-state index >= 15 is 0 Å². The molecule has 3 rings (SSSR count). The minimum Gasteiger partial charge on any atom is -0.460 e. The third-order valence-corrected chi connectivity index (χ3v) is 4.12. The molecule has 6 nitrogen and oxygen atoms in total. The van der Waals surface area contributed by atoms with E-state index in [0.717, 1.165) is 18.6 Å². The van der Waals surface area contributed by atoms with E-state index in [2.05, 4.69) is 15.5 Å². The van der Waals surface area contributed by atoms with Gasteiger partial charge in [0.1, 0.15) is 11.5 Å². The molecule has 1 amide bonds. The van der Waals surface area contributed by atoms with Crippen molar-refractivity contribution in [2.45, 2.75) is 32.2 Å². The van der Waals surface area contributed by atoms with Gasteiger partial charge >= 0.3 is 0 Å². The highest BCUT2D eigenvalue weighted by Gasteiger charge is 2.41. The monoisotopic (exact) mass is 288 g/mol. The van der Waals surface area contributed by atoms with Gasteiger partial charge in [0.25, 0.3) is 5.91 Å². The number of nitrogens with zero attached hydrogens (tertiary/aromatic N) is 1. The van der Waals surface area contributed by atoms with Crippen molar-refractivity contribution in [3.63, 3.8) is 0 Å². The topological polar surface area (TPSA) is 96.9 Å². The molecule has 0 radical (unpaired) electrons. The van der Waals surface area contributed by atoms with Crippen LogP contribution in [0.15, 0.2) is 22.6 Å². The Morgan fingerprint density at radius 3 is 2.90 bits per heavy atom. The molecule has 1 atom stereocenters. The first-order valence-electron chi connectivity index (χ1n) is 7.16. The molecular formula is C15H20N4O2. The van der Waals surface area contributed by atoms with Crippen molar-refractivity contribution in [3.8, 4) is 11.5 Å². The number of nitrogens with two attached hydrogens (primary N) is 1. The lowest BCUT2D eigenvalue weighted by atomic mass is 9.96. The molecule has 4 N–H and O–H groups in total. The zero-order chi connectivity index (χ0) is 15.0. The van der Waals surface area contributed by atoms with Gasteiger partial charge in [-0.2, -0.15) is 5.10 Å². The van der Waals surface area contributed by atoms with Gasteiger partial charge in [0.2, 0.25) is 0 Å².